The molecule has 3 aromatic rings. The van der Waals surface area contributed by atoms with E-state index < -0.39 is 28.8 Å². The number of nitrogens with zero attached hydrogens (tertiary/aromatic N) is 1. The minimum absolute atomic E-state index is 0.0711. The van der Waals surface area contributed by atoms with Crippen LogP contribution >= 0.6 is 0 Å². The first-order valence-electron chi connectivity index (χ1n) is 15.4. The molecule has 3 heterocycles. The molecule has 3 aliphatic heterocycles. The molecule has 6 rings (SSSR count). The number of anilines is 2. The highest BCUT2D eigenvalue weighted by molar-refractivity contribution is 6.17. The van der Waals surface area contributed by atoms with E-state index in [1.165, 1.54) is 5.56 Å². The fourth-order valence-electron chi connectivity index (χ4n) is 7.32. The summed E-state index contributed by atoms with van der Waals surface area (Å²) in [6.07, 6.45) is 8.35. The van der Waals surface area contributed by atoms with Crippen LogP contribution in [0.5, 0.6) is 5.75 Å². The summed E-state index contributed by atoms with van der Waals surface area (Å²) in [6.45, 7) is 7.85. The van der Waals surface area contributed by atoms with Crippen LogP contribution in [0.15, 0.2) is 72.8 Å². The highest BCUT2D eigenvalue weighted by Gasteiger charge is 2.70. The third-order valence-electron chi connectivity index (χ3n) is 9.44. The van der Waals surface area contributed by atoms with Crippen LogP contribution in [0, 0.1) is 11.3 Å². The molecule has 0 unspecified atom stereocenters. The van der Waals surface area contributed by atoms with Crippen molar-refractivity contribution in [1.82, 2.24) is 0 Å². The lowest BCUT2D eigenvalue weighted by atomic mass is 9.63. The molecule has 6 nitrogen and oxygen atoms in total. The lowest BCUT2D eigenvalue weighted by Crippen LogP contribution is -2.51. The number of unbranched alkanes of at least 4 members (excludes halogenated alkanes) is 2. The highest BCUT2D eigenvalue weighted by atomic mass is 16.5. The number of aryl methyl sites for hydroxylation is 1. The second-order valence-corrected chi connectivity index (χ2v) is 13.1. The molecule has 222 valence electrons. The van der Waals surface area contributed by atoms with Crippen LogP contribution in [0.4, 0.5) is 11.4 Å². The molecule has 6 heteroatoms. The van der Waals surface area contributed by atoms with E-state index >= 15 is 0 Å². The maximum absolute atomic E-state index is 14.9. The monoisotopic (exact) mass is 576 g/mol. The van der Waals surface area contributed by atoms with Crippen molar-refractivity contribution in [1.29, 1.82) is 0 Å². The van der Waals surface area contributed by atoms with Gasteiger partial charge in [0.25, 0.3) is 0 Å². The van der Waals surface area contributed by atoms with E-state index in [0.717, 1.165) is 42.5 Å². The fraction of sp³-hybridized carbons (Fsp3) is 0.378. The van der Waals surface area contributed by atoms with Gasteiger partial charge in [0.15, 0.2) is 11.6 Å². The van der Waals surface area contributed by atoms with Gasteiger partial charge in [-0.3, -0.25) is 14.4 Å². The number of Topliss-reactive ketones (excluding diaryl/α,β-unsaturated/α-hetero) is 2. The van der Waals surface area contributed by atoms with E-state index in [9.17, 15) is 14.4 Å². The van der Waals surface area contributed by atoms with Crippen molar-refractivity contribution in [3.63, 3.8) is 0 Å². The minimum Gasteiger partial charge on any atom is -0.497 e. The van der Waals surface area contributed by atoms with Gasteiger partial charge in [0.2, 0.25) is 5.91 Å². The van der Waals surface area contributed by atoms with Crippen molar-refractivity contribution < 1.29 is 19.1 Å². The predicted molar refractivity (Wildman–Crippen MR) is 171 cm³/mol. The first-order valence-corrected chi connectivity index (χ1v) is 15.4. The van der Waals surface area contributed by atoms with Crippen LogP contribution in [0.25, 0.3) is 6.08 Å². The number of rotatable bonds is 8. The van der Waals surface area contributed by atoms with Gasteiger partial charge in [-0.15, -0.1) is 0 Å². The number of ether oxygens (including phenoxy) is 1. The van der Waals surface area contributed by atoms with Crippen molar-refractivity contribution in [3.8, 4) is 5.75 Å². The van der Waals surface area contributed by atoms with Crippen molar-refractivity contribution >= 4 is 34.9 Å². The highest BCUT2D eigenvalue weighted by Crippen LogP contribution is 2.58. The number of methoxy groups -OCH3 is 1. The summed E-state index contributed by atoms with van der Waals surface area (Å²) in [5.41, 5.74) is 2.79. The van der Waals surface area contributed by atoms with E-state index in [-0.39, 0.29) is 17.5 Å². The van der Waals surface area contributed by atoms with Crippen LogP contribution in [-0.4, -0.2) is 36.7 Å². The van der Waals surface area contributed by atoms with Crippen molar-refractivity contribution in [3.05, 3.63) is 95.1 Å². The zero-order valence-electron chi connectivity index (χ0n) is 25.6. The number of hydrogen-bond donors (Lipinski definition) is 1. The second kappa shape index (κ2) is 10.8. The summed E-state index contributed by atoms with van der Waals surface area (Å²) >= 11 is 0. The average molecular weight is 577 g/mol. The van der Waals surface area contributed by atoms with E-state index in [1.54, 1.807) is 7.11 Å². The summed E-state index contributed by atoms with van der Waals surface area (Å²) in [4.78, 5) is 46.0. The van der Waals surface area contributed by atoms with Gasteiger partial charge in [-0.05, 0) is 48.2 Å². The number of fused-ring (bicyclic) bond motifs is 6. The number of amides is 1. The van der Waals surface area contributed by atoms with Gasteiger partial charge in [-0.25, -0.2) is 0 Å². The van der Waals surface area contributed by atoms with Gasteiger partial charge in [-0.2, -0.15) is 0 Å². The molecular weight excluding hydrogens is 536 g/mol. The van der Waals surface area contributed by atoms with Crippen LogP contribution in [-0.2, 0) is 21.4 Å². The Morgan fingerprint density at radius 2 is 1.74 bits per heavy atom. The van der Waals surface area contributed by atoms with Crippen LogP contribution in [0.3, 0.4) is 0 Å². The molecule has 0 aromatic heterocycles. The summed E-state index contributed by atoms with van der Waals surface area (Å²) in [7, 11) is 1.62. The number of nitrogens with one attached hydrogen (secondary N) is 1. The Bertz CT molecular complexity index is 1620. The molecule has 0 saturated carbocycles. The number of benzene rings is 3. The normalized spacial score (nSPS) is 23.5. The molecule has 0 aliphatic carbocycles. The van der Waals surface area contributed by atoms with Crippen LogP contribution < -0.4 is 15.0 Å². The zero-order valence-corrected chi connectivity index (χ0v) is 25.6. The molecule has 1 fully saturated rings. The molecule has 1 spiro atoms. The maximum Gasteiger partial charge on any atom is 0.238 e. The third-order valence-corrected chi connectivity index (χ3v) is 9.44. The van der Waals surface area contributed by atoms with E-state index in [1.807, 2.05) is 105 Å². The molecule has 0 radical (unpaired) electrons. The lowest BCUT2D eigenvalue weighted by Gasteiger charge is -2.38. The van der Waals surface area contributed by atoms with Crippen LogP contribution in [0.2, 0.25) is 0 Å². The Morgan fingerprint density at radius 1 is 1.00 bits per heavy atom. The Balaban J connectivity index is 1.57. The quantitative estimate of drug-likeness (QED) is 0.231. The standard InChI is InChI=1S/C37H40N2O4/c1-6-7-8-11-23-14-16-24(17-15-23)33(40)31-32(34(41)36(2,3)4)39-29-20-19-26(43-5)22-25(29)18-21-30(39)37(31)27-12-9-10-13-28(27)38-35(37)42/h9-10,12-22,30-32H,6-8,11H2,1-5H3,(H,38,42)/t30-,31+,32+,37+/m1/s1. The summed E-state index contributed by atoms with van der Waals surface area (Å²) in [5, 5.41) is 3.09. The SMILES string of the molecule is CCCCCc1ccc(C(=O)[C@@H]2[C@@H](C(=O)C(C)(C)C)N3c4ccc(OC)cc4C=C[C@@H]3[C@]23C(=O)Nc2ccccc23)cc1. The minimum atomic E-state index is -1.30. The van der Waals surface area contributed by atoms with E-state index in [2.05, 4.69) is 12.2 Å². The van der Waals surface area contributed by atoms with E-state index in [0.29, 0.717) is 17.0 Å². The third kappa shape index (κ3) is 4.50. The second-order valence-electron chi connectivity index (χ2n) is 13.1. The number of carbonyl (C=O) groups is 3. The summed E-state index contributed by atoms with van der Waals surface area (Å²) in [6, 6.07) is 19.7. The maximum atomic E-state index is 14.9. The molecule has 3 aliphatic rings. The van der Waals surface area contributed by atoms with Crippen molar-refractivity contribution in [2.75, 3.05) is 17.3 Å². The Labute approximate surface area is 254 Å². The average Bonchev–Trinajstić information content (AvgIpc) is 3.48. The molecule has 1 amide bonds. The first-order chi connectivity index (χ1) is 20.6. The smallest absolute Gasteiger partial charge is 0.238 e. The fourth-order valence-corrected chi connectivity index (χ4v) is 7.32. The molecule has 43 heavy (non-hydrogen) atoms. The van der Waals surface area contributed by atoms with Crippen molar-refractivity contribution in [2.45, 2.75) is 70.9 Å². The lowest BCUT2D eigenvalue weighted by molar-refractivity contribution is -0.128. The first kappa shape index (κ1) is 28.9. The molecule has 4 atom stereocenters. The zero-order chi connectivity index (χ0) is 30.5. The van der Waals surface area contributed by atoms with Gasteiger partial charge < -0.3 is 15.0 Å². The largest absolute Gasteiger partial charge is 0.497 e. The summed E-state index contributed by atoms with van der Waals surface area (Å²) < 4.78 is 5.50. The van der Waals surface area contributed by atoms with Gasteiger partial charge in [0.1, 0.15) is 17.2 Å². The predicted octanol–water partition coefficient (Wildman–Crippen LogP) is 7.02. The topological polar surface area (TPSA) is 75.7 Å². The Kier molecular flexibility index (Phi) is 7.27. The van der Waals surface area contributed by atoms with Crippen LogP contribution in [0.1, 0.15) is 74.0 Å². The van der Waals surface area contributed by atoms with Gasteiger partial charge in [0, 0.05) is 27.9 Å². The summed E-state index contributed by atoms with van der Waals surface area (Å²) in [5.74, 6) is -0.753. The molecule has 0 bridgehead atoms. The van der Waals surface area contributed by atoms with Gasteiger partial charge in [-0.1, -0.05) is 95.2 Å². The number of hydrogen-bond acceptors (Lipinski definition) is 5. The molecule has 1 saturated heterocycles. The number of ketones is 2. The van der Waals surface area contributed by atoms with E-state index in [4.69, 9.17) is 4.74 Å². The molecule has 1 N–H and O–H groups in total. The molecule has 3 aromatic carbocycles. The van der Waals surface area contributed by atoms with Crippen molar-refractivity contribution in [2.24, 2.45) is 11.3 Å². The number of carbonyl (C=O) groups excluding carboxylic acids is 3. The molecular formula is C37H40N2O4. The Morgan fingerprint density at radius 3 is 2.44 bits per heavy atom. The Hall–Kier alpha value is -4.19. The number of para-hydroxylation sites is 1. The van der Waals surface area contributed by atoms with Gasteiger partial charge in [0.05, 0.1) is 19.1 Å². The van der Waals surface area contributed by atoms with Gasteiger partial charge >= 0.3 is 0 Å².